The number of rotatable bonds is 4. The van der Waals surface area contributed by atoms with Crippen LogP contribution >= 0.6 is 11.8 Å². The normalized spacial score (nSPS) is 10.3. The summed E-state index contributed by atoms with van der Waals surface area (Å²) in [5.41, 5.74) is 6.54. The molecule has 3 N–H and O–H groups in total. The van der Waals surface area contributed by atoms with Crippen molar-refractivity contribution in [1.82, 2.24) is 0 Å². The molecule has 0 bridgehead atoms. The third-order valence-corrected chi connectivity index (χ3v) is 3.73. The summed E-state index contributed by atoms with van der Waals surface area (Å²) in [7, 11) is 0. The van der Waals surface area contributed by atoms with Crippen LogP contribution in [0.25, 0.3) is 0 Å². The molecule has 0 saturated carbocycles. The van der Waals surface area contributed by atoms with Gasteiger partial charge in [0.25, 0.3) is 5.69 Å². The van der Waals surface area contributed by atoms with Gasteiger partial charge < -0.3 is 10.8 Å². The van der Waals surface area contributed by atoms with Crippen molar-refractivity contribution in [1.29, 1.82) is 0 Å². The van der Waals surface area contributed by atoms with Gasteiger partial charge >= 0.3 is 0 Å². The van der Waals surface area contributed by atoms with Gasteiger partial charge in [-0.15, -0.1) is 11.8 Å². The highest BCUT2D eigenvalue weighted by molar-refractivity contribution is 7.98. The molecule has 0 atom stereocenters. The number of benzene rings is 2. The molecule has 0 aliphatic carbocycles. The molecular weight excluding hydrogens is 264 g/mol. The molecule has 2 rings (SSSR count). The van der Waals surface area contributed by atoms with Crippen LogP contribution in [0.15, 0.2) is 47.4 Å². The van der Waals surface area contributed by atoms with Crippen LogP contribution in [-0.2, 0) is 5.75 Å². The third kappa shape index (κ3) is 2.97. The van der Waals surface area contributed by atoms with E-state index in [1.807, 2.05) is 6.07 Å². The highest BCUT2D eigenvalue weighted by Crippen LogP contribution is 2.34. The smallest absolute Gasteiger partial charge is 0.292 e. The monoisotopic (exact) mass is 276 g/mol. The first kappa shape index (κ1) is 13.2. The Hall–Kier alpha value is -2.21. The highest BCUT2D eigenvalue weighted by Gasteiger charge is 2.14. The summed E-state index contributed by atoms with van der Waals surface area (Å²) >= 11 is 1.38. The first-order chi connectivity index (χ1) is 9.09. The van der Waals surface area contributed by atoms with E-state index < -0.39 is 4.92 Å². The quantitative estimate of drug-likeness (QED) is 0.387. The first-order valence-electron chi connectivity index (χ1n) is 5.52. The number of aromatic hydroxyl groups is 1. The fourth-order valence-electron chi connectivity index (χ4n) is 1.62. The van der Waals surface area contributed by atoms with Crippen molar-refractivity contribution in [2.45, 2.75) is 10.6 Å². The zero-order chi connectivity index (χ0) is 13.8. The zero-order valence-electron chi connectivity index (χ0n) is 9.95. The average Bonchev–Trinajstić information content (AvgIpc) is 2.39. The Kier molecular flexibility index (Phi) is 3.91. The Balaban J connectivity index is 2.19. The number of thioether (sulfide) groups is 1. The van der Waals surface area contributed by atoms with Crippen molar-refractivity contribution in [3.05, 3.63) is 58.1 Å². The van der Waals surface area contributed by atoms with Gasteiger partial charge in [-0.2, -0.15) is 0 Å². The van der Waals surface area contributed by atoms with E-state index in [-0.39, 0.29) is 17.1 Å². The van der Waals surface area contributed by atoms with Crippen LogP contribution in [0.3, 0.4) is 0 Å². The lowest BCUT2D eigenvalue weighted by Gasteiger charge is -2.07. The molecule has 0 radical (unpaired) electrons. The molecule has 0 aromatic heterocycles. The van der Waals surface area contributed by atoms with Gasteiger partial charge in [-0.25, -0.2) is 0 Å². The number of phenolic OH excluding ortho intramolecular Hbond substituents is 1. The summed E-state index contributed by atoms with van der Waals surface area (Å²) < 4.78 is 0. The fraction of sp³-hybridized carbons (Fsp3) is 0.0769. The van der Waals surface area contributed by atoms with E-state index in [9.17, 15) is 15.2 Å². The Labute approximate surface area is 114 Å². The van der Waals surface area contributed by atoms with Gasteiger partial charge in [-0.1, -0.05) is 24.3 Å². The molecule has 19 heavy (non-hydrogen) atoms. The predicted molar refractivity (Wildman–Crippen MR) is 75.2 cm³/mol. The van der Waals surface area contributed by atoms with Crippen LogP contribution in [0.2, 0.25) is 0 Å². The lowest BCUT2D eigenvalue weighted by atomic mass is 10.2. The second kappa shape index (κ2) is 5.62. The maximum atomic E-state index is 10.8. The minimum Gasteiger partial charge on any atom is -0.507 e. The SMILES string of the molecule is Nc1c(CSc2ccccc2O)cccc1[N+](=O)[O-]. The van der Waals surface area contributed by atoms with Crippen LogP contribution in [0.4, 0.5) is 11.4 Å². The van der Waals surface area contributed by atoms with E-state index in [1.54, 1.807) is 30.3 Å². The number of para-hydroxylation sites is 2. The number of nitro benzene ring substituents is 1. The minimum absolute atomic E-state index is 0.0876. The molecule has 0 heterocycles. The molecule has 0 aliphatic heterocycles. The molecule has 0 fully saturated rings. The summed E-state index contributed by atoms with van der Waals surface area (Å²) in [5, 5.41) is 20.4. The lowest BCUT2D eigenvalue weighted by molar-refractivity contribution is -0.383. The first-order valence-corrected chi connectivity index (χ1v) is 6.50. The molecular formula is C13H12N2O3S. The van der Waals surface area contributed by atoms with E-state index in [2.05, 4.69) is 0 Å². The van der Waals surface area contributed by atoms with Crippen LogP contribution in [0, 0.1) is 10.1 Å². The summed E-state index contributed by atoms with van der Waals surface area (Å²) in [6.07, 6.45) is 0. The zero-order valence-corrected chi connectivity index (χ0v) is 10.8. The Morgan fingerprint density at radius 3 is 2.63 bits per heavy atom. The Morgan fingerprint density at radius 2 is 1.95 bits per heavy atom. The van der Waals surface area contributed by atoms with Crippen molar-refractivity contribution in [3.63, 3.8) is 0 Å². The molecule has 5 nitrogen and oxygen atoms in total. The number of nitrogen functional groups attached to an aromatic ring is 1. The van der Waals surface area contributed by atoms with Gasteiger partial charge in [-0.05, 0) is 17.7 Å². The number of hydrogen-bond donors (Lipinski definition) is 2. The van der Waals surface area contributed by atoms with Crippen molar-refractivity contribution in [2.75, 3.05) is 5.73 Å². The standard InChI is InChI=1S/C13H12N2O3S/c14-13-9(4-3-5-10(13)15(17)18)8-19-12-7-2-1-6-11(12)16/h1-7,16H,8,14H2. The molecule has 2 aromatic rings. The Bertz CT molecular complexity index is 617. The van der Waals surface area contributed by atoms with E-state index in [1.165, 1.54) is 17.8 Å². The topological polar surface area (TPSA) is 89.4 Å². The van der Waals surface area contributed by atoms with Gasteiger partial charge in [-0.3, -0.25) is 10.1 Å². The van der Waals surface area contributed by atoms with Crippen LogP contribution in [0.1, 0.15) is 5.56 Å². The van der Waals surface area contributed by atoms with Crippen molar-refractivity contribution in [3.8, 4) is 5.75 Å². The third-order valence-electron chi connectivity index (χ3n) is 2.62. The minimum atomic E-state index is -0.497. The molecule has 0 spiro atoms. The van der Waals surface area contributed by atoms with Crippen molar-refractivity contribution < 1.29 is 10.0 Å². The summed E-state index contributed by atoms with van der Waals surface area (Å²) in [6.45, 7) is 0. The maximum absolute atomic E-state index is 10.8. The van der Waals surface area contributed by atoms with Gasteiger partial charge in [0.1, 0.15) is 11.4 Å². The van der Waals surface area contributed by atoms with E-state index >= 15 is 0 Å². The van der Waals surface area contributed by atoms with Gasteiger partial charge in [0.2, 0.25) is 0 Å². The molecule has 98 valence electrons. The van der Waals surface area contributed by atoms with Crippen LogP contribution in [-0.4, -0.2) is 10.0 Å². The number of phenols is 1. The van der Waals surface area contributed by atoms with Crippen LogP contribution in [0.5, 0.6) is 5.75 Å². The number of nitrogens with two attached hydrogens (primary N) is 1. The number of anilines is 1. The number of nitro groups is 1. The van der Waals surface area contributed by atoms with Gasteiger partial charge in [0.05, 0.1) is 4.92 Å². The molecule has 6 heteroatoms. The molecule has 0 aliphatic rings. The predicted octanol–water partition coefficient (Wildman–Crippen LogP) is 3.17. The van der Waals surface area contributed by atoms with Gasteiger partial charge in [0, 0.05) is 16.7 Å². The summed E-state index contributed by atoms with van der Waals surface area (Å²) in [6, 6.07) is 11.7. The summed E-state index contributed by atoms with van der Waals surface area (Å²) in [4.78, 5) is 11.0. The second-order valence-corrected chi connectivity index (χ2v) is 4.88. The highest BCUT2D eigenvalue weighted by atomic mass is 32.2. The molecule has 0 unspecified atom stereocenters. The Morgan fingerprint density at radius 1 is 1.21 bits per heavy atom. The number of hydrogen-bond acceptors (Lipinski definition) is 5. The summed E-state index contributed by atoms with van der Waals surface area (Å²) in [5.74, 6) is 0.655. The van der Waals surface area contributed by atoms with E-state index in [4.69, 9.17) is 5.73 Å². The van der Waals surface area contributed by atoms with E-state index in [0.29, 0.717) is 16.2 Å². The maximum Gasteiger partial charge on any atom is 0.292 e. The molecule has 0 amide bonds. The van der Waals surface area contributed by atoms with Crippen LogP contribution < -0.4 is 5.73 Å². The molecule has 2 aromatic carbocycles. The molecule has 0 saturated heterocycles. The largest absolute Gasteiger partial charge is 0.507 e. The number of nitrogens with zero attached hydrogens (tertiary/aromatic N) is 1. The van der Waals surface area contributed by atoms with Gasteiger partial charge in [0.15, 0.2) is 0 Å². The van der Waals surface area contributed by atoms with E-state index in [0.717, 1.165) is 0 Å². The van der Waals surface area contributed by atoms with Crippen molar-refractivity contribution in [2.24, 2.45) is 0 Å². The fourth-order valence-corrected chi connectivity index (χ4v) is 2.57. The second-order valence-electron chi connectivity index (χ2n) is 3.86. The average molecular weight is 276 g/mol. The van der Waals surface area contributed by atoms with Crippen molar-refractivity contribution >= 4 is 23.1 Å². The lowest BCUT2D eigenvalue weighted by Crippen LogP contribution is -1.99.